The molecule has 2 N–H and O–H groups in total. The summed E-state index contributed by atoms with van der Waals surface area (Å²) in [6, 6.07) is 0. The van der Waals surface area contributed by atoms with Crippen LogP contribution in [-0.2, 0) is 6.42 Å². The van der Waals surface area contributed by atoms with Gasteiger partial charge in [0.25, 0.3) is 0 Å². The van der Waals surface area contributed by atoms with Crippen LogP contribution in [-0.4, -0.2) is 25.5 Å². The Hall–Kier alpha value is -0.220. The molecular weight excluding hydrogens is 195 g/mol. The Kier molecular flexibility index (Phi) is 3.88. The van der Waals surface area contributed by atoms with Crippen molar-refractivity contribution >= 4 is 26.3 Å². The number of thiol groups is 1. The van der Waals surface area contributed by atoms with E-state index in [4.69, 9.17) is 9.79 Å². The summed E-state index contributed by atoms with van der Waals surface area (Å²) in [5.74, 6) is 1.36. The van der Waals surface area contributed by atoms with E-state index in [0.717, 1.165) is 0 Å². The lowest BCUT2D eigenvalue weighted by Crippen LogP contribution is -2.06. The fourth-order valence-electron chi connectivity index (χ4n) is 0.680. The first-order chi connectivity index (χ1) is 5.74. The molecule has 0 aliphatic heterocycles. The summed E-state index contributed by atoms with van der Waals surface area (Å²) >= 11 is 4.02. The van der Waals surface area contributed by atoms with E-state index in [-0.39, 0.29) is 0 Å². The van der Waals surface area contributed by atoms with E-state index >= 15 is 0 Å². The van der Waals surface area contributed by atoms with Gasteiger partial charge in [-0.05, 0) is 5.75 Å². The quantitative estimate of drug-likeness (QED) is 0.474. The molecule has 0 fully saturated rings. The first-order valence-electron chi connectivity index (χ1n) is 3.33. The lowest BCUT2D eigenvalue weighted by Gasteiger charge is -2.01. The van der Waals surface area contributed by atoms with Gasteiger partial charge in [-0.1, -0.05) is 0 Å². The van der Waals surface area contributed by atoms with Crippen molar-refractivity contribution in [3.05, 3.63) is 18.2 Å². The van der Waals surface area contributed by atoms with Crippen LogP contribution in [0.15, 0.2) is 12.4 Å². The van der Waals surface area contributed by atoms with E-state index in [0.29, 0.717) is 23.3 Å². The Morgan fingerprint density at radius 1 is 1.33 bits per heavy atom. The molecule has 66 valence electrons. The fraction of sp³-hybridized carbons (Fsp3) is 0.333. The second kappa shape index (κ2) is 4.72. The number of nitrogens with zero attached hydrogens (tertiary/aromatic N) is 2. The van der Waals surface area contributed by atoms with E-state index < -0.39 is 8.38 Å². The van der Waals surface area contributed by atoms with Crippen molar-refractivity contribution in [2.75, 3.05) is 5.75 Å². The van der Waals surface area contributed by atoms with Crippen LogP contribution in [0.25, 0.3) is 0 Å². The molecule has 1 aromatic heterocycles. The zero-order valence-electron chi connectivity index (χ0n) is 6.25. The maximum Gasteiger partial charge on any atom is 0.202 e. The molecule has 1 rings (SSSR count). The predicted molar refractivity (Wildman–Crippen MR) is 50.6 cm³/mol. The van der Waals surface area contributed by atoms with E-state index in [1.807, 2.05) is 0 Å². The highest BCUT2D eigenvalue weighted by Crippen LogP contribution is 2.19. The predicted octanol–water partition coefficient (Wildman–Crippen LogP) is -0.129. The molecule has 0 aliphatic carbocycles. The minimum absolute atomic E-state index is 0.368. The van der Waals surface area contributed by atoms with E-state index in [1.165, 1.54) is 12.4 Å². The van der Waals surface area contributed by atoms with Gasteiger partial charge in [-0.2, -0.15) is 12.6 Å². The normalized spacial score (nSPS) is 10.7. The largest absolute Gasteiger partial charge is 0.346 e. The van der Waals surface area contributed by atoms with E-state index in [1.54, 1.807) is 0 Å². The molecule has 0 unspecified atom stereocenters. The fourth-order valence-corrected chi connectivity index (χ4v) is 1.20. The van der Waals surface area contributed by atoms with Crippen LogP contribution in [0.3, 0.4) is 0 Å². The highest BCUT2D eigenvalue weighted by atomic mass is 32.1. The molecule has 1 heterocycles. The zero-order valence-corrected chi connectivity index (χ0v) is 8.04. The minimum atomic E-state index is -2.06. The molecule has 0 bridgehead atoms. The SMILES string of the molecule is OP(O)c1cnc(CCS)nc1. The van der Waals surface area contributed by atoms with Gasteiger partial charge in [0, 0.05) is 18.8 Å². The van der Waals surface area contributed by atoms with Gasteiger partial charge in [0.1, 0.15) is 5.82 Å². The van der Waals surface area contributed by atoms with Crippen LogP contribution in [0.4, 0.5) is 0 Å². The number of hydrogen-bond donors (Lipinski definition) is 3. The first-order valence-corrected chi connectivity index (χ1v) is 5.21. The van der Waals surface area contributed by atoms with Crippen molar-refractivity contribution in [3.63, 3.8) is 0 Å². The van der Waals surface area contributed by atoms with Gasteiger partial charge in [-0.15, -0.1) is 0 Å². The molecule has 0 saturated carbocycles. The van der Waals surface area contributed by atoms with Crippen molar-refractivity contribution in [2.45, 2.75) is 6.42 Å². The minimum Gasteiger partial charge on any atom is -0.346 e. The Bertz CT molecular complexity index is 242. The van der Waals surface area contributed by atoms with Gasteiger partial charge >= 0.3 is 0 Å². The Labute approximate surface area is 77.0 Å². The van der Waals surface area contributed by atoms with Crippen molar-refractivity contribution in [3.8, 4) is 0 Å². The second-order valence-electron chi connectivity index (χ2n) is 2.12. The average Bonchev–Trinajstić information content (AvgIpc) is 2.06. The molecule has 0 spiro atoms. The maximum absolute atomic E-state index is 8.77. The van der Waals surface area contributed by atoms with Gasteiger partial charge in [0.05, 0.1) is 5.30 Å². The number of aromatic nitrogens is 2. The lowest BCUT2D eigenvalue weighted by atomic mass is 10.4. The number of aryl methyl sites for hydroxylation is 1. The molecule has 6 heteroatoms. The summed E-state index contributed by atoms with van der Waals surface area (Å²) < 4.78 is 0. The Balaban J connectivity index is 2.71. The Morgan fingerprint density at radius 3 is 2.33 bits per heavy atom. The highest BCUT2D eigenvalue weighted by Gasteiger charge is 2.04. The molecule has 12 heavy (non-hydrogen) atoms. The second-order valence-corrected chi connectivity index (χ2v) is 3.66. The Morgan fingerprint density at radius 2 is 1.92 bits per heavy atom. The number of rotatable bonds is 3. The van der Waals surface area contributed by atoms with Gasteiger partial charge in [-0.3, -0.25) is 0 Å². The standard InChI is InChI=1S/C6H9N2O2PS/c9-11(10)5-3-7-6(1-2-12)8-4-5/h3-4,9-10,12H,1-2H2. The van der Waals surface area contributed by atoms with Crippen LogP contribution >= 0.6 is 21.0 Å². The molecule has 0 radical (unpaired) electrons. The molecule has 0 saturated heterocycles. The van der Waals surface area contributed by atoms with Crippen molar-refractivity contribution < 1.29 is 9.79 Å². The summed E-state index contributed by atoms with van der Waals surface area (Å²) in [5.41, 5.74) is 0. The molecule has 1 aromatic rings. The van der Waals surface area contributed by atoms with Crippen LogP contribution < -0.4 is 5.30 Å². The van der Waals surface area contributed by atoms with Crippen LogP contribution in [0, 0.1) is 0 Å². The van der Waals surface area contributed by atoms with Gasteiger partial charge in [0.15, 0.2) is 0 Å². The average molecular weight is 204 g/mol. The smallest absolute Gasteiger partial charge is 0.202 e. The first kappa shape index (κ1) is 9.86. The van der Waals surface area contributed by atoms with Gasteiger partial charge in [-0.25, -0.2) is 9.97 Å². The van der Waals surface area contributed by atoms with E-state index in [2.05, 4.69) is 22.6 Å². The molecule has 0 atom stereocenters. The summed E-state index contributed by atoms with van der Waals surface area (Å²) in [7, 11) is -2.06. The molecule has 0 amide bonds. The van der Waals surface area contributed by atoms with Crippen molar-refractivity contribution in [2.24, 2.45) is 0 Å². The third-order valence-electron chi connectivity index (χ3n) is 1.26. The lowest BCUT2D eigenvalue weighted by molar-refractivity contribution is 0.496. The molecule has 0 aliphatic rings. The van der Waals surface area contributed by atoms with E-state index in [9.17, 15) is 0 Å². The monoisotopic (exact) mass is 204 g/mol. The van der Waals surface area contributed by atoms with Crippen molar-refractivity contribution in [1.82, 2.24) is 9.97 Å². The van der Waals surface area contributed by atoms with Crippen molar-refractivity contribution in [1.29, 1.82) is 0 Å². The van der Waals surface area contributed by atoms with Crippen LogP contribution in [0.2, 0.25) is 0 Å². The van der Waals surface area contributed by atoms with Crippen LogP contribution in [0.1, 0.15) is 5.82 Å². The zero-order chi connectivity index (χ0) is 8.97. The topological polar surface area (TPSA) is 66.2 Å². The molecule has 4 nitrogen and oxygen atoms in total. The van der Waals surface area contributed by atoms with Crippen LogP contribution in [0.5, 0.6) is 0 Å². The maximum atomic E-state index is 8.77. The molecular formula is C6H9N2O2PS. The third kappa shape index (κ3) is 2.68. The van der Waals surface area contributed by atoms with Gasteiger partial charge in [0.2, 0.25) is 8.38 Å². The molecule has 0 aromatic carbocycles. The highest BCUT2D eigenvalue weighted by molar-refractivity contribution is 7.80. The summed E-state index contributed by atoms with van der Waals surface area (Å²) in [5, 5.41) is 0.368. The third-order valence-corrected chi connectivity index (χ3v) is 2.17. The summed E-state index contributed by atoms with van der Waals surface area (Å²) in [6.07, 6.45) is 3.55. The summed E-state index contributed by atoms with van der Waals surface area (Å²) in [4.78, 5) is 25.4. The van der Waals surface area contributed by atoms with Gasteiger partial charge < -0.3 is 9.79 Å². The summed E-state index contributed by atoms with van der Waals surface area (Å²) in [6.45, 7) is 0. The number of hydrogen-bond acceptors (Lipinski definition) is 5.